The second-order valence-electron chi connectivity index (χ2n) is 5.30. The molecule has 1 aromatic carbocycles. The van der Waals surface area contributed by atoms with Gasteiger partial charge in [-0.05, 0) is 25.0 Å². The maximum absolute atomic E-state index is 13.7. The molecule has 2 N–H and O–H groups in total. The summed E-state index contributed by atoms with van der Waals surface area (Å²) in [6.45, 7) is 0.162. The molecule has 0 aliphatic heterocycles. The molecule has 1 aromatic rings. The molecule has 1 saturated carbocycles. The Kier molecular flexibility index (Phi) is 5.22. The molecule has 1 amide bonds. The fourth-order valence-electron chi connectivity index (χ4n) is 2.76. The van der Waals surface area contributed by atoms with Crippen molar-refractivity contribution in [2.24, 2.45) is 5.73 Å². The molecule has 0 saturated heterocycles. The monoisotopic (exact) mass is 312 g/mol. The molecule has 0 radical (unpaired) electrons. The highest BCUT2D eigenvalue weighted by atomic mass is 32.1. The number of hydrogen-bond acceptors (Lipinski definition) is 2. The third kappa shape index (κ3) is 3.97. The minimum absolute atomic E-state index is 0.0637. The molecule has 0 aromatic heterocycles. The standard InChI is InChI=1S/C15H18F2N2OS/c16-12-6-3-7-13(17)11(12)8-15(20)19(9-14(18)21)10-4-1-2-5-10/h3,6-7,10H,1-2,4-5,8-9H2,(H2,18,21). The quantitative estimate of drug-likeness (QED) is 0.850. The number of hydrogen-bond donors (Lipinski definition) is 1. The van der Waals surface area contributed by atoms with Crippen LogP contribution in [0.3, 0.4) is 0 Å². The van der Waals surface area contributed by atoms with E-state index in [0.29, 0.717) is 0 Å². The molecular weight excluding hydrogens is 294 g/mol. The van der Waals surface area contributed by atoms with Gasteiger partial charge < -0.3 is 10.6 Å². The van der Waals surface area contributed by atoms with E-state index in [4.69, 9.17) is 18.0 Å². The van der Waals surface area contributed by atoms with Gasteiger partial charge in [-0.2, -0.15) is 0 Å². The van der Waals surface area contributed by atoms with Gasteiger partial charge in [0, 0.05) is 11.6 Å². The van der Waals surface area contributed by atoms with E-state index in [1.165, 1.54) is 6.07 Å². The third-order valence-electron chi connectivity index (χ3n) is 3.80. The van der Waals surface area contributed by atoms with Crippen LogP contribution in [0, 0.1) is 11.6 Å². The first-order chi connectivity index (χ1) is 9.99. The van der Waals surface area contributed by atoms with Gasteiger partial charge in [-0.1, -0.05) is 31.1 Å². The van der Waals surface area contributed by atoms with Gasteiger partial charge in [0.15, 0.2) is 0 Å². The smallest absolute Gasteiger partial charge is 0.227 e. The van der Waals surface area contributed by atoms with Crippen LogP contribution in [-0.4, -0.2) is 28.4 Å². The van der Waals surface area contributed by atoms with Gasteiger partial charge in [0.2, 0.25) is 5.91 Å². The zero-order valence-electron chi connectivity index (χ0n) is 11.6. The molecular formula is C15H18F2N2OS. The van der Waals surface area contributed by atoms with Crippen molar-refractivity contribution >= 4 is 23.1 Å². The Balaban J connectivity index is 2.16. The Morgan fingerprint density at radius 2 is 1.86 bits per heavy atom. The second-order valence-corrected chi connectivity index (χ2v) is 5.83. The van der Waals surface area contributed by atoms with Gasteiger partial charge in [-0.3, -0.25) is 4.79 Å². The third-order valence-corrected chi connectivity index (χ3v) is 3.93. The number of nitrogens with two attached hydrogens (primary N) is 1. The lowest BCUT2D eigenvalue weighted by Crippen LogP contribution is -2.44. The van der Waals surface area contributed by atoms with Crippen molar-refractivity contribution in [2.45, 2.75) is 38.1 Å². The van der Waals surface area contributed by atoms with E-state index in [-0.39, 0.29) is 35.5 Å². The van der Waals surface area contributed by atoms with Crippen molar-refractivity contribution in [3.8, 4) is 0 Å². The lowest BCUT2D eigenvalue weighted by atomic mass is 10.1. The number of nitrogens with zero attached hydrogens (tertiary/aromatic N) is 1. The topological polar surface area (TPSA) is 46.3 Å². The van der Waals surface area contributed by atoms with Crippen LogP contribution in [0.25, 0.3) is 0 Å². The van der Waals surface area contributed by atoms with E-state index < -0.39 is 11.6 Å². The van der Waals surface area contributed by atoms with Crippen LogP contribution < -0.4 is 5.73 Å². The molecule has 6 heteroatoms. The number of thiocarbonyl (C=S) groups is 1. The molecule has 0 spiro atoms. The van der Waals surface area contributed by atoms with Crippen molar-refractivity contribution in [1.29, 1.82) is 0 Å². The fourth-order valence-corrected chi connectivity index (χ4v) is 2.90. The highest BCUT2D eigenvalue weighted by Gasteiger charge is 2.28. The predicted molar refractivity (Wildman–Crippen MR) is 80.8 cm³/mol. The van der Waals surface area contributed by atoms with Crippen LogP contribution in [0.1, 0.15) is 31.2 Å². The maximum atomic E-state index is 13.7. The molecule has 0 unspecified atom stereocenters. The van der Waals surface area contributed by atoms with Crippen LogP contribution in [0.5, 0.6) is 0 Å². The Morgan fingerprint density at radius 1 is 1.29 bits per heavy atom. The first-order valence-corrected chi connectivity index (χ1v) is 7.40. The zero-order valence-corrected chi connectivity index (χ0v) is 12.5. The number of carbonyl (C=O) groups is 1. The van der Waals surface area contributed by atoms with E-state index in [2.05, 4.69) is 0 Å². The van der Waals surface area contributed by atoms with Crippen LogP contribution >= 0.6 is 12.2 Å². The van der Waals surface area contributed by atoms with Crippen LogP contribution in [0.15, 0.2) is 18.2 Å². The molecule has 0 heterocycles. The van der Waals surface area contributed by atoms with Crippen LogP contribution in [0.4, 0.5) is 8.78 Å². The van der Waals surface area contributed by atoms with E-state index in [0.717, 1.165) is 37.8 Å². The van der Waals surface area contributed by atoms with Gasteiger partial charge in [0.25, 0.3) is 0 Å². The summed E-state index contributed by atoms with van der Waals surface area (Å²) >= 11 is 4.88. The summed E-state index contributed by atoms with van der Waals surface area (Å²) in [5.74, 6) is -1.74. The molecule has 3 nitrogen and oxygen atoms in total. The van der Waals surface area contributed by atoms with Gasteiger partial charge in [0.05, 0.1) is 18.0 Å². The average Bonchev–Trinajstić information content (AvgIpc) is 2.93. The van der Waals surface area contributed by atoms with Gasteiger partial charge in [-0.15, -0.1) is 0 Å². The SMILES string of the molecule is NC(=S)CN(C(=O)Cc1c(F)cccc1F)C1CCCC1. The summed E-state index contributed by atoms with van der Waals surface area (Å²) in [4.78, 5) is 14.2. The Bertz CT molecular complexity index is 524. The normalized spacial score (nSPS) is 15.1. The zero-order chi connectivity index (χ0) is 15.4. The van der Waals surface area contributed by atoms with Gasteiger partial charge in [0.1, 0.15) is 11.6 Å². The number of benzene rings is 1. The van der Waals surface area contributed by atoms with Gasteiger partial charge >= 0.3 is 0 Å². The van der Waals surface area contributed by atoms with Crippen molar-refractivity contribution in [3.05, 3.63) is 35.4 Å². The first-order valence-electron chi connectivity index (χ1n) is 6.99. The highest BCUT2D eigenvalue weighted by Crippen LogP contribution is 2.24. The first kappa shape index (κ1) is 15.8. The lowest BCUT2D eigenvalue weighted by molar-refractivity contribution is -0.131. The van der Waals surface area contributed by atoms with Gasteiger partial charge in [-0.25, -0.2) is 8.78 Å². The fraction of sp³-hybridized carbons (Fsp3) is 0.467. The second kappa shape index (κ2) is 6.93. The molecule has 1 aliphatic carbocycles. The van der Waals surface area contributed by atoms with E-state index in [1.807, 2.05) is 0 Å². The molecule has 2 rings (SSSR count). The average molecular weight is 312 g/mol. The summed E-state index contributed by atoms with van der Waals surface area (Å²) < 4.78 is 27.3. The van der Waals surface area contributed by atoms with E-state index >= 15 is 0 Å². The van der Waals surface area contributed by atoms with E-state index in [9.17, 15) is 13.6 Å². The Hall–Kier alpha value is -1.56. The molecule has 0 atom stereocenters. The molecule has 1 aliphatic rings. The minimum atomic E-state index is -0.704. The molecule has 1 fully saturated rings. The number of rotatable bonds is 5. The van der Waals surface area contributed by atoms with E-state index in [1.54, 1.807) is 4.90 Å². The molecule has 114 valence electrons. The number of carbonyl (C=O) groups excluding carboxylic acids is 1. The highest BCUT2D eigenvalue weighted by molar-refractivity contribution is 7.80. The minimum Gasteiger partial charge on any atom is -0.392 e. The molecule has 0 bridgehead atoms. The molecule has 21 heavy (non-hydrogen) atoms. The largest absolute Gasteiger partial charge is 0.392 e. The summed E-state index contributed by atoms with van der Waals surface area (Å²) in [7, 11) is 0. The summed E-state index contributed by atoms with van der Waals surface area (Å²) in [5.41, 5.74) is 5.34. The van der Waals surface area contributed by atoms with Crippen molar-refractivity contribution in [2.75, 3.05) is 6.54 Å². The van der Waals surface area contributed by atoms with Crippen LogP contribution in [-0.2, 0) is 11.2 Å². The Labute approximate surface area is 128 Å². The van der Waals surface area contributed by atoms with Crippen molar-refractivity contribution in [1.82, 2.24) is 4.90 Å². The van der Waals surface area contributed by atoms with Crippen LogP contribution in [0.2, 0.25) is 0 Å². The summed E-state index contributed by atoms with van der Waals surface area (Å²) in [6.07, 6.45) is 3.54. The number of amides is 1. The summed E-state index contributed by atoms with van der Waals surface area (Å²) in [5, 5.41) is 0. The lowest BCUT2D eigenvalue weighted by Gasteiger charge is -2.28. The van der Waals surface area contributed by atoms with Crippen molar-refractivity contribution in [3.63, 3.8) is 0 Å². The number of halogens is 2. The maximum Gasteiger partial charge on any atom is 0.227 e. The Morgan fingerprint density at radius 3 is 2.38 bits per heavy atom. The summed E-state index contributed by atoms with van der Waals surface area (Å²) in [6, 6.07) is 3.65. The van der Waals surface area contributed by atoms with Crippen molar-refractivity contribution < 1.29 is 13.6 Å². The predicted octanol–water partition coefficient (Wildman–Crippen LogP) is 2.56.